The van der Waals surface area contributed by atoms with E-state index in [4.69, 9.17) is 6.42 Å². The summed E-state index contributed by atoms with van der Waals surface area (Å²) in [6, 6.07) is -0.352. The van der Waals surface area contributed by atoms with Crippen LogP contribution in [0.2, 0.25) is 0 Å². The van der Waals surface area contributed by atoms with Gasteiger partial charge in [0.15, 0.2) is 0 Å². The fourth-order valence-corrected chi connectivity index (χ4v) is 1.77. The van der Waals surface area contributed by atoms with Crippen LogP contribution in [0, 0.1) is 17.8 Å². The lowest BCUT2D eigenvalue weighted by atomic mass is 9.91. The first-order valence-electron chi connectivity index (χ1n) is 5.23. The number of alkyl halides is 1. The highest BCUT2D eigenvalue weighted by Crippen LogP contribution is 2.25. The molecule has 1 heterocycles. The summed E-state index contributed by atoms with van der Waals surface area (Å²) in [7, 11) is 0. The van der Waals surface area contributed by atoms with E-state index >= 15 is 0 Å². The maximum absolute atomic E-state index is 13.1. The van der Waals surface area contributed by atoms with Crippen LogP contribution in [0.1, 0.15) is 33.6 Å². The lowest BCUT2D eigenvalue weighted by Gasteiger charge is -2.25. The molecule has 0 aromatic carbocycles. The molecule has 15 heavy (non-hydrogen) atoms. The number of terminal acetylenes is 1. The monoisotopic (exact) mass is 211 g/mol. The molecule has 1 amide bonds. The molecule has 1 fully saturated rings. The Morgan fingerprint density at radius 1 is 1.60 bits per heavy atom. The number of amides is 1. The van der Waals surface area contributed by atoms with Crippen molar-refractivity contribution in [3.8, 4) is 12.3 Å². The van der Waals surface area contributed by atoms with Crippen LogP contribution in [0.4, 0.5) is 4.39 Å². The summed E-state index contributed by atoms with van der Waals surface area (Å²) in [5.41, 5.74) is -0.0787. The molecule has 1 saturated heterocycles. The van der Waals surface area contributed by atoms with E-state index in [-0.39, 0.29) is 30.3 Å². The van der Waals surface area contributed by atoms with Gasteiger partial charge in [0.2, 0.25) is 5.91 Å². The Balaban J connectivity index is 2.64. The van der Waals surface area contributed by atoms with Crippen molar-refractivity contribution < 1.29 is 9.18 Å². The topological polar surface area (TPSA) is 20.3 Å². The number of hydrogen-bond acceptors (Lipinski definition) is 1. The smallest absolute Gasteiger partial charge is 0.224 e. The molecule has 0 spiro atoms. The Morgan fingerprint density at radius 3 is 2.67 bits per heavy atom. The predicted molar refractivity (Wildman–Crippen MR) is 57.9 cm³/mol. The largest absolute Gasteiger partial charge is 0.326 e. The van der Waals surface area contributed by atoms with Crippen LogP contribution in [0.3, 0.4) is 0 Å². The zero-order valence-corrected chi connectivity index (χ0v) is 9.59. The molecule has 0 bridgehead atoms. The molecule has 0 aromatic heterocycles. The number of carbonyl (C=O) groups excluding carboxylic acids is 1. The molecule has 1 rings (SSSR count). The Bertz CT molecular complexity index is 287. The van der Waals surface area contributed by atoms with Crippen LogP contribution >= 0.6 is 0 Å². The van der Waals surface area contributed by atoms with Crippen molar-refractivity contribution >= 4 is 5.91 Å². The molecule has 0 saturated carbocycles. The Morgan fingerprint density at radius 2 is 2.20 bits per heavy atom. The molecule has 1 aliphatic rings. The molecule has 1 aliphatic heterocycles. The van der Waals surface area contributed by atoms with Gasteiger partial charge in [-0.15, -0.1) is 6.42 Å². The minimum atomic E-state index is -0.963. The highest BCUT2D eigenvalue weighted by Gasteiger charge is 2.35. The summed E-state index contributed by atoms with van der Waals surface area (Å²) < 4.78 is 13.1. The first-order chi connectivity index (χ1) is 6.83. The van der Waals surface area contributed by atoms with Crippen LogP contribution in [-0.2, 0) is 4.79 Å². The van der Waals surface area contributed by atoms with Gasteiger partial charge in [-0.25, -0.2) is 4.39 Å². The highest BCUT2D eigenvalue weighted by molar-refractivity contribution is 5.78. The summed E-state index contributed by atoms with van der Waals surface area (Å²) in [6.45, 7) is 6.11. The van der Waals surface area contributed by atoms with Crippen molar-refractivity contribution in [2.24, 2.45) is 5.41 Å². The maximum Gasteiger partial charge on any atom is 0.224 e. The van der Waals surface area contributed by atoms with Gasteiger partial charge < -0.3 is 4.90 Å². The second kappa shape index (κ2) is 4.22. The number of likely N-dealkylation sites (tertiary alicyclic amines) is 1. The molecular formula is C12H18FNO. The summed E-state index contributed by atoms with van der Waals surface area (Å²) in [5.74, 6) is 2.44. The van der Waals surface area contributed by atoms with Crippen LogP contribution in [0.5, 0.6) is 0 Å². The zero-order chi connectivity index (χ0) is 11.6. The van der Waals surface area contributed by atoms with Crippen LogP contribution < -0.4 is 0 Å². The molecule has 2 atom stereocenters. The Hall–Kier alpha value is -1.04. The van der Waals surface area contributed by atoms with E-state index in [1.54, 1.807) is 0 Å². The number of nitrogens with zero attached hydrogens (tertiary/aromatic N) is 1. The summed E-state index contributed by atoms with van der Waals surface area (Å²) >= 11 is 0. The van der Waals surface area contributed by atoms with Gasteiger partial charge in [0.05, 0.1) is 12.6 Å². The molecule has 0 radical (unpaired) electrons. The maximum atomic E-state index is 13.1. The number of rotatable bonds is 1. The molecule has 0 N–H and O–H groups in total. The van der Waals surface area contributed by atoms with E-state index < -0.39 is 6.17 Å². The molecule has 2 nitrogen and oxygen atoms in total. The molecule has 0 aromatic rings. The van der Waals surface area contributed by atoms with Crippen molar-refractivity contribution in [2.75, 3.05) is 6.54 Å². The predicted octanol–water partition coefficient (Wildman–Crippen LogP) is 1.99. The lowest BCUT2D eigenvalue weighted by molar-refractivity contribution is -0.133. The third kappa shape index (κ3) is 3.23. The van der Waals surface area contributed by atoms with Crippen LogP contribution in [0.15, 0.2) is 0 Å². The molecule has 3 heteroatoms. The van der Waals surface area contributed by atoms with Crippen LogP contribution in [0.25, 0.3) is 0 Å². The highest BCUT2D eigenvalue weighted by atomic mass is 19.1. The van der Waals surface area contributed by atoms with Gasteiger partial charge in [-0.3, -0.25) is 4.79 Å². The van der Waals surface area contributed by atoms with Crippen molar-refractivity contribution in [2.45, 2.75) is 45.8 Å². The zero-order valence-electron chi connectivity index (χ0n) is 9.59. The van der Waals surface area contributed by atoms with Gasteiger partial charge in [0, 0.05) is 12.8 Å². The lowest BCUT2D eigenvalue weighted by Crippen LogP contribution is -2.37. The number of halogens is 1. The van der Waals surface area contributed by atoms with Crippen molar-refractivity contribution in [1.29, 1.82) is 0 Å². The SMILES string of the molecule is C#C[C@H]1C[C@H](F)CN1C(=O)CC(C)(C)C. The second-order valence-corrected chi connectivity index (χ2v) is 5.30. The van der Waals surface area contributed by atoms with Gasteiger partial charge >= 0.3 is 0 Å². The van der Waals surface area contributed by atoms with E-state index in [9.17, 15) is 9.18 Å². The fraction of sp³-hybridized carbons (Fsp3) is 0.750. The Kier molecular flexibility index (Phi) is 3.38. The summed E-state index contributed by atoms with van der Waals surface area (Å²) in [5, 5.41) is 0. The van der Waals surface area contributed by atoms with E-state index in [1.807, 2.05) is 20.8 Å². The summed E-state index contributed by atoms with van der Waals surface area (Å²) in [4.78, 5) is 13.3. The average Bonchev–Trinajstić information content (AvgIpc) is 2.43. The Labute approximate surface area is 90.8 Å². The average molecular weight is 211 g/mol. The van der Waals surface area contributed by atoms with E-state index in [1.165, 1.54) is 4.90 Å². The summed E-state index contributed by atoms with van der Waals surface area (Å²) in [6.07, 6.45) is 5.01. The second-order valence-electron chi connectivity index (χ2n) is 5.30. The minimum Gasteiger partial charge on any atom is -0.326 e. The molecular weight excluding hydrogens is 193 g/mol. The number of hydrogen-bond donors (Lipinski definition) is 0. The van der Waals surface area contributed by atoms with Gasteiger partial charge in [-0.05, 0) is 5.41 Å². The molecule has 0 aliphatic carbocycles. The van der Waals surface area contributed by atoms with Crippen LogP contribution in [-0.4, -0.2) is 29.6 Å². The standard InChI is InChI=1S/C12H18FNO/c1-5-10-6-9(13)8-14(10)11(15)7-12(2,3)4/h1,9-10H,6-8H2,2-4H3/t9-,10-/m0/s1. The van der Waals surface area contributed by atoms with Gasteiger partial charge in [0.25, 0.3) is 0 Å². The van der Waals surface area contributed by atoms with E-state index in [2.05, 4.69) is 5.92 Å². The first kappa shape index (κ1) is 12.0. The minimum absolute atomic E-state index is 0.0365. The first-order valence-corrected chi connectivity index (χ1v) is 5.23. The van der Waals surface area contributed by atoms with Crippen molar-refractivity contribution in [1.82, 2.24) is 4.90 Å². The third-order valence-electron chi connectivity index (χ3n) is 2.44. The molecule has 84 valence electrons. The third-order valence-corrected chi connectivity index (χ3v) is 2.44. The van der Waals surface area contributed by atoms with Gasteiger partial charge in [0.1, 0.15) is 6.17 Å². The van der Waals surface area contributed by atoms with Gasteiger partial charge in [-0.2, -0.15) is 0 Å². The quantitative estimate of drug-likeness (QED) is 0.607. The molecule has 0 unspecified atom stereocenters. The van der Waals surface area contributed by atoms with Crippen molar-refractivity contribution in [3.05, 3.63) is 0 Å². The van der Waals surface area contributed by atoms with E-state index in [0.717, 1.165) is 0 Å². The normalized spacial score (nSPS) is 26.5. The number of carbonyl (C=O) groups is 1. The fourth-order valence-electron chi connectivity index (χ4n) is 1.77. The van der Waals surface area contributed by atoms with Gasteiger partial charge in [-0.1, -0.05) is 26.7 Å². The van der Waals surface area contributed by atoms with Crippen molar-refractivity contribution in [3.63, 3.8) is 0 Å². The van der Waals surface area contributed by atoms with E-state index in [0.29, 0.717) is 6.42 Å².